The zero-order valence-electron chi connectivity index (χ0n) is 14.3. The summed E-state index contributed by atoms with van der Waals surface area (Å²) >= 11 is 1.64. The Kier molecular flexibility index (Phi) is 5.86. The van der Waals surface area contributed by atoms with Crippen molar-refractivity contribution in [2.75, 3.05) is 18.9 Å². The molecule has 2 aromatic rings. The molecule has 0 unspecified atom stereocenters. The van der Waals surface area contributed by atoms with Crippen molar-refractivity contribution in [3.63, 3.8) is 0 Å². The molecule has 0 aliphatic heterocycles. The molecule has 1 aliphatic carbocycles. The summed E-state index contributed by atoms with van der Waals surface area (Å²) in [6, 6.07) is 10.4. The minimum absolute atomic E-state index is 0.0548. The number of rotatable bonds is 6. The van der Waals surface area contributed by atoms with Gasteiger partial charge in [0.2, 0.25) is 0 Å². The van der Waals surface area contributed by atoms with Gasteiger partial charge in [0.1, 0.15) is 0 Å². The zero-order valence-corrected chi connectivity index (χ0v) is 15.1. The fourth-order valence-corrected chi connectivity index (χ4v) is 4.06. The molecule has 0 radical (unpaired) electrons. The Hall–Kier alpha value is -1.88. The highest BCUT2D eigenvalue weighted by Crippen LogP contribution is 2.29. The highest BCUT2D eigenvalue weighted by molar-refractivity contribution is 7.15. The number of unbranched alkanes of at least 4 members (excludes halogenated alkanes) is 1. The van der Waals surface area contributed by atoms with Crippen molar-refractivity contribution in [3.8, 4) is 0 Å². The maximum Gasteiger partial charge on any atom is 0.323 e. The van der Waals surface area contributed by atoms with Gasteiger partial charge in [-0.2, -0.15) is 0 Å². The van der Waals surface area contributed by atoms with E-state index in [-0.39, 0.29) is 6.03 Å². The SMILES string of the molecule is CN(CCCCc1ccccc1)C(=O)Nc1nc2c(s1)CCCC2. The van der Waals surface area contributed by atoms with Crippen LogP contribution < -0.4 is 5.32 Å². The molecule has 1 N–H and O–H groups in total. The second-order valence-corrected chi connectivity index (χ2v) is 7.47. The van der Waals surface area contributed by atoms with E-state index in [9.17, 15) is 4.79 Å². The Morgan fingerprint density at radius 2 is 2.00 bits per heavy atom. The second kappa shape index (κ2) is 8.29. The first kappa shape index (κ1) is 17.0. The maximum absolute atomic E-state index is 12.3. The van der Waals surface area contributed by atoms with Crippen LogP contribution in [0.15, 0.2) is 30.3 Å². The minimum atomic E-state index is -0.0548. The van der Waals surface area contributed by atoms with Gasteiger partial charge in [0.25, 0.3) is 0 Å². The summed E-state index contributed by atoms with van der Waals surface area (Å²) in [7, 11) is 1.85. The number of benzene rings is 1. The van der Waals surface area contributed by atoms with Crippen molar-refractivity contribution in [2.45, 2.75) is 44.9 Å². The van der Waals surface area contributed by atoms with Gasteiger partial charge in [-0.15, -0.1) is 11.3 Å². The molecule has 0 saturated heterocycles. The molecule has 2 amide bonds. The fraction of sp³-hybridized carbons (Fsp3) is 0.474. The molecule has 0 atom stereocenters. The number of amides is 2. The largest absolute Gasteiger partial charge is 0.328 e. The van der Waals surface area contributed by atoms with Crippen molar-refractivity contribution < 1.29 is 4.79 Å². The Morgan fingerprint density at radius 1 is 1.21 bits per heavy atom. The number of urea groups is 1. The maximum atomic E-state index is 12.3. The predicted molar refractivity (Wildman–Crippen MR) is 99.8 cm³/mol. The molecule has 1 heterocycles. The molecule has 0 fully saturated rings. The summed E-state index contributed by atoms with van der Waals surface area (Å²) in [5.74, 6) is 0. The van der Waals surface area contributed by atoms with Crippen molar-refractivity contribution in [2.24, 2.45) is 0 Å². The summed E-state index contributed by atoms with van der Waals surface area (Å²) in [6.07, 6.45) is 7.78. The van der Waals surface area contributed by atoms with Gasteiger partial charge in [-0.25, -0.2) is 9.78 Å². The predicted octanol–water partition coefficient (Wildman–Crippen LogP) is 4.51. The number of carbonyl (C=O) groups excluding carboxylic acids is 1. The molecule has 1 aromatic heterocycles. The van der Waals surface area contributed by atoms with E-state index in [0.717, 1.165) is 43.8 Å². The van der Waals surface area contributed by atoms with Crippen molar-refractivity contribution >= 4 is 22.5 Å². The monoisotopic (exact) mass is 343 g/mol. The summed E-state index contributed by atoms with van der Waals surface area (Å²) in [5.41, 5.74) is 2.55. The number of nitrogens with one attached hydrogen (secondary N) is 1. The van der Waals surface area contributed by atoms with E-state index in [2.05, 4.69) is 34.6 Å². The lowest BCUT2D eigenvalue weighted by atomic mass is 10.0. The van der Waals surface area contributed by atoms with Crippen LogP contribution in [0.25, 0.3) is 0 Å². The molecule has 128 valence electrons. The molecule has 0 bridgehead atoms. The van der Waals surface area contributed by atoms with Gasteiger partial charge in [-0.3, -0.25) is 5.32 Å². The van der Waals surface area contributed by atoms with Crippen molar-refractivity contribution in [1.82, 2.24) is 9.88 Å². The van der Waals surface area contributed by atoms with Crippen LogP contribution in [0, 0.1) is 0 Å². The number of nitrogens with zero attached hydrogens (tertiary/aromatic N) is 2. The topological polar surface area (TPSA) is 45.2 Å². The third-order valence-electron chi connectivity index (χ3n) is 4.46. The van der Waals surface area contributed by atoms with Gasteiger partial charge in [0.15, 0.2) is 5.13 Å². The van der Waals surface area contributed by atoms with Crippen LogP contribution in [-0.2, 0) is 19.3 Å². The standard InChI is InChI=1S/C19H25N3OS/c1-22(14-8-7-11-15-9-3-2-4-10-15)19(23)21-18-20-16-12-5-6-13-17(16)24-18/h2-4,9-10H,5-8,11-14H2,1H3,(H,20,21,23). The fourth-order valence-electron chi connectivity index (χ4n) is 3.02. The van der Waals surface area contributed by atoms with Gasteiger partial charge in [0, 0.05) is 18.5 Å². The second-order valence-electron chi connectivity index (χ2n) is 6.39. The van der Waals surface area contributed by atoms with Gasteiger partial charge in [-0.1, -0.05) is 30.3 Å². The Morgan fingerprint density at radius 3 is 2.79 bits per heavy atom. The van der Waals surface area contributed by atoms with E-state index in [1.807, 2.05) is 13.1 Å². The summed E-state index contributed by atoms with van der Waals surface area (Å²) in [5, 5.41) is 3.70. The molecule has 24 heavy (non-hydrogen) atoms. The molecule has 5 heteroatoms. The Balaban J connectivity index is 1.40. The summed E-state index contributed by atoms with van der Waals surface area (Å²) in [4.78, 5) is 19.9. The zero-order chi connectivity index (χ0) is 16.8. The van der Waals surface area contributed by atoms with Crippen LogP contribution in [-0.4, -0.2) is 29.5 Å². The van der Waals surface area contributed by atoms with E-state index in [1.165, 1.54) is 29.0 Å². The molecule has 1 aliphatic rings. The first-order valence-electron chi connectivity index (χ1n) is 8.77. The van der Waals surface area contributed by atoms with E-state index in [0.29, 0.717) is 0 Å². The highest BCUT2D eigenvalue weighted by Gasteiger charge is 2.17. The molecule has 3 rings (SSSR count). The number of thiazole rings is 1. The Labute approximate surface area is 147 Å². The normalized spacial score (nSPS) is 13.4. The molecule has 0 saturated carbocycles. The Bertz CT molecular complexity index is 645. The molecular weight excluding hydrogens is 318 g/mol. The average molecular weight is 343 g/mol. The van der Waals surface area contributed by atoms with Crippen LogP contribution in [0.4, 0.5) is 9.93 Å². The highest BCUT2D eigenvalue weighted by atomic mass is 32.1. The van der Waals surface area contributed by atoms with E-state index in [4.69, 9.17) is 0 Å². The smallest absolute Gasteiger partial charge is 0.323 e. The first-order valence-corrected chi connectivity index (χ1v) is 9.58. The lowest BCUT2D eigenvalue weighted by Gasteiger charge is -2.16. The van der Waals surface area contributed by atoms with Crippen LogP contribution in [0.5, 0.6) is 0 Å². The molecular formula is C19H25N3OS. The number of hydrogen-bond acceptors (Lipinski definition) is 3. The van der Waals surface area contributed by atoms with E-state index < -0.39 is 0 Å². The number of hydrogen-bond donors (Lipinski definition) is 1. The average Bonchev–Trinajstić information content (AvgIpc) is 3.01. The number of carbonyl (C=O) groups is 1. The lowest BCUT2D eigenvalue weighted by Crippen LogP contribution is -2.32. The number of aryl methyl sites for hydroxylation is 3. The number of aromatic nitrogens is 1. The molecule has 4 nitrogen and oxygen atoms in total. The number of fused-ring (bicyclic) bond motifs is 1. The third kappa shape index (κ3) is 4.57. The summed E-state index contributed by atoms with van der Waals surface area (Å²) < 4.78 is 0. The molecule has 1 aromatic carbocycles. The van der Waals surface area contributed by atoms with Crippen LogP contribution in [0.1, 0.15) is 41.8 Å². The van der Waals surface area contributed by atoms with Gasteiger partial charge < -0.3 is 4.90 Å². The third-order valence-corrected chi connectivity index (χ3v) is 5.53. The van der Waals surface area contributed by atoms with Crippen molar-refractivity contribution in [3.05, 3.63) is 46.5 Å². The minimum Gasteiger partial charge on any atom is -0.328 e. The van der Waals surface area contributed by atoms with Crippen molar-refractivity contribution in [1.29, 1.82) is 0 Å². The van der Waals surface area contributed by atoms with Crippen LogP contribution in [0.2, 0.25) is 0 Å². The quantitative estimate of drug-likeness (QED) is 0.785. The number of anilines is 1. The molecule has 0 spiro atoms. The van der Waals surface area contributed by atoms with E-state index in [1.54, 1.807) is 16.2 Å². The van der Waals surface area contributed by atoms with Gasteiger partial charge in [0.05, 0.1) is 5.69 Å². The van der Waals surface area contributed by atoms with E-state index >= 15 is 0 Å². The van der Waals surface area contributed by atoms with Gasteiger partial charge in [-0.05, 0) is 50.5 Å². The van der Waals surface area contributed by atoms with Gasteiger partial charge >= 0.3 is 6.03 Å². The first-order chi connectivity index (χ1) is 11.7. The van der Waals surface area contributed by atoms with Crippen LogP contribution >= 0.6 is 11.3 Å². The summed E-state index contributed by atoms with van der Waals surface area (Å²) in [6.45, 7) is 0.768. The van der Waals surface area contributed by atoms with Crippen LogP contribution in [0.3, 0.4) is 0 Å². The lowest BCUT2D eigenvalue weighted by molar-refractivity contribution is 0.221.